The number of benzene rings is 2. The van der Waals surface area contributed by atoms with Crippen molar-refractivity contribution in [3.8, 4) is 35.8 Å². The first-order valence-electron chi connectivity index (χ1n) is 8.88. The van der Waals surface area contributed by atoms with E-state index in [1.54, 1.807) is 36.4 Å². The quantitative estimate of drug-likeness (QED) is 0.807. The lowest BCUT2D eigenvalue weighted by Crippen LogP contribution is -2.30. The smallest absolute Gasteiger partial charge is 0.121 e. The Hall–Kier alpha value is -4.00. The maximum absolute atomic E-state index is 9.11. The number of ether oxygens (including phenoxy) is 2. The normalized spacial score (nSPS) is 18.0. The first-order chi connectivity index (χ1) is 13.7. The van der Waals surface area contributed by atoms with E-state index >= 15 is 0 Å². The topological polar surface area (TPSA) is 114 Å². The van der Waals surface area contributed by atoms with Gasteiger partial charge in [-0.25, -0.2) is 0 Å². The van der Waals surface area contributed by atoms with Crippen LogP contribution in [0.4, 0.5) is 0 Å². The van der Waals surface area contributed by atoms with Gasteiger partial charge < -0.3 is 9.47 Å². The molecule has 0 unspecified atom stereocenters. The van der Waals surface area contributed by atoms with Crippen molar-refractivity contribution in [2.24, 2.45) is 0 Å². The molecule has 0 aliphatic heterocycles. The molecule has 0 spiro atoms. The van der Waals surface area contributed by atoms with E-state index in [1.165, 1.54) is 0 Å². The summed E-state index contributed by atoms with van der Waals surface area (Å²) in [5, 5.41) is 36.2. The first-order valence-corrected chi connectivity index (χ1v) is 8.88. The van der Waals surface area contributed by atoms with Crippen LogP contribution in [0.25, 0.3) is 0 Å². The van der Waals surface area contributed by atoms with Gasteiger partial charge in [0.15, 0.2) is 0 Å². The molecule has 3 rings (SSSR count). The van der Waals surface area contributed by atoms with E-state index in [2.05, 4.69) is 0 Å². The lowest BCUT2D eigenvalue weighted by molar-refractivity contribution is 0.0806. The second-order valence-corrected chi connectivity index (χ2v) is 6.50. The highest BCUT2D eigenvalue weighted by Gasteiger charge is 2.24. The van der Waals surface area contributed by atoms with Gasteiger partial charge in [0.05, 0.1) is 34.5 Å². The van der Waals surface area contributed by atoms with Gasteiger partial charge in [-0.3, -0.25) is 0 Å². The molecule has 0 radical (unpaired) electrons. The second-order valence-electron chi connectivity index (χ2n) is 6.50. The summed E-state index contributed by atoms with van der Waals surface area (Å²) in [5.41, 5.74) is 1.30. The van der Waals surface area contributed by atoms with E-state index in [1.807, 2.05) is 24.3 Å². The van der Waals surface area contributed by atoms with Gasteiger partial charge >= 0.3 is 0 Å². The molecular formula is C22H16N4O2. The van der Waals surface area contributed by atoms with Crippen molar-refractivity contribution in [3.63, 3.8) is 0 Å². The van der Waals surface area contributed by atoms with Crippen molar-refractivity contribution in [3.05, 3.63) is 58.7 Å². The minimum Gasteiger partial charge on any atom is -0.490 e. The minimum atomic E-state index is 0.0231. The maximum atomic E-state index is 9.11. The van der Waals surface area contributed by atoms with E-state index in [0.717, 1.165) is 25.7 Å². The molecule has 1 saturated carbocycles. The van der Waals surface area contributed by atoms with Crippen molar-refractivity contribution in [1.82, 2.24) is 0 Å². The zero-order valence-corrected chi connectivity index (χ0v) is 15.1. The molecule has 0 N–H and O–H groups in total. The summed E-state index contributed by atoms with van der Waals surface area (Å²) in [4.78, 5) is 0. The molecule has 0 bridgehead atoms. The molecule has 28 heavy (non-hydrogen) atoms. The van der Waals surface area contributed by atoms with Crippen molar-refractivity contribution in [2.45, 2.75) is 37.9 Å². The second kappa shape index (κ2) is 8.59. The van der Waals surface area contributed by atoms with Crippen molar-refractivity contribution >= 4 is 0 Å². The van der Waals surface area contributed by atoms with E-state index in [4.69, 9.17) is 30.5 Å². The predicted octanol–water partition coefficient (Wildman–Crippen LogP) is 3.94. The van der Waals surface area contributed by atoms with Gasteiger partial charge in [0.25, 0.3) is 0 Å². The van der Waals surface area contributed by atoms with Crippen LogP contribution in [0, 0.1) is 45.3 Å². The molecule has 1 aliphatic carbocycles. The van der Waals surface area contributed by atoms with Gasteiger partial charge in [0.2, 0.25) is 0 Å². The van der Waals surface area contributed by atoms with Crippen LogP contribution >= 0.6 is 0 Å². The monoisotopic (exact) mass is 368 g/mol. The molecule has 1 aliphatic rings. The molecule has 0 atom stereocenters. The fraction of sp³-hybridized carbons (Fsp3) is 0.273. The predicted molar refractivity (Wildman–Crippen MR) is 99.0 cm³/mol. The van der Waals surface area contributed by atoms with E-state index in [0.29, 0.717) is 33.8 Å². The molecule has 6 nitrogen and oxygen atoms in total. The Labute approximate surface area is 163 Å². The minimum absolute atomic E-state index is 0.0231. The maximum Gasteiger partial charge on any atom is 0.121 e. The zero-order valence-electron chi connectivity index (χ0n) is 15.1. The average molecular weight is 368 g/mol. The van der Waals surface area contributed by atoms with Gasteiger partial charge in [-0.2, -0.15) is 21.0 Å². The van der Waals surface area contributed by atoms with Gasteiger partial charge in [-0.1, -0.05) is 0 Å². The number of hydrogen-bond donors (Lipinski definition) is 0. The molecule has 136 valence electrons. The number of hydrogen-bond acceptors (Lipinski definition) is 6. The summed E-state index contributed by atoms with van der Waals surface area (Å²) >= 11 is 0. The molecular weight excluding hydrogens is 352 g/mol. The van der Waals surface area contributed by atoms with Crippen LogP contribution in [0.2, 0.25) is 0 Å². The van der Waals surface area contributed by atoms with E-state index in [9.17, 15) is 0 Å². The van der Waals surface area contributed by atoms with Crippen LogP contribution < -0.4 is 9.47 Å². The summed E-state index contributed by atoms with van der Waals surface area (Å²) in [6, 6.07) is 17.8. The van der Waals surface area contributed by atoms with Crippen LogP contribution in [0.1, 0.15) is 47.9 Å². The SMILES string of the molecule is N#Cc1ccc(OC2CCC(Oc3ccc(C#N)c(C#N)c3)CC2)cc1C#N. The zero-order chi connectivity index (χ0) is 19.9. The number of rotatable bonds is 4. The molecule has 0 amide bonds. The lowest BCUT2D eigenvalue weighted by atomic mass is 9.94. The highest BCUT2D eigenvalue weighted by Crippen LogP contribution is 2.28. The van der Waals surface area contributed by atoms with Crippen LogP contribution in [0.15, 0.2) is 36.4 Å². The molecule has 2 aromatic rings. The Morgan fingerprint density at radius 1 is 0.571 bits per heavy atom. The highest BCUT2D eigenvalue weighted by atomic mass is 16.5. The summed E-state index contributed by atoms with van der Waals surface area (Å²) in [7, 11) is 0. The molecule has 1 fully saturated rings. The lowest BCUT2D eigenvalue weighted by Gasteiger charge is -2.29. The van der Waals surface area contributed by atoms with Crippen LogP contribution in [-0.2, 0) is 0 Å². The largest absolute Gasteiger partial charge is 0.490 e. The van der Waals surface area contributed by atoms with Crippen molar-refractivity contribution in [1.29, 1.82) is 21.0 Å². The Kier molecular flexibility index (Phi) is 5.76. The summed E-state index contributed by atoms with van der Waals surface area (Å²) < 4.78 is 11.9. The average Bonchev–Trinajstić information content (AvgIpc) is 2.74. The van der Waals surface area contributed by atoms with Gasteiger partial charge in [0, 0.05) is 0 Å². The summed E-state index contributed by atoms with van der Waals surface area (Å²) in [6.07, 6.45) is 3.24. The number of nitrogens with zero attached hydrogens (tertiary/aromatic N) is 4. The standard InChI is InChI=1S/C22H16N4O2/c23-11-15-1-3-21(9-17(15)13-25)27-19-5-7-20(8-6-19)28-22-4-2-16(12-24)18(10-22)14-26/h1-4,9-10,19-20H,5-8H2. The van der Waals surface area contributed by atoms with Gasteiger partial charge in [0.1, 0.15) is 35.8 Å². The van der Waals surface area contributed by atoms with Crippen molar-refractivity contribution in [2.75, 3.05) is 0 Å². The third-order valence-electron chi connectivity index (χ3n) is 4.69. The molecule has 6 heteroatoms. The fourth-order valence-corrected chi connectivity index (χ4v) is 3.23. The molecule has 0 aromatic heterocycles. The summed E-state index contributed by atoms with van der Waals surface area (Å²) in [5.74, 6) is 1.18. The van der Waals surface area contributed by atoms with Crippen molar-refractivity contribution < 1.29 is 9.47 Å². The van der Waals surface area contributed by atoms with Crippen LogP contribution in [0.3, 0.4) is 0 Å². The Morgan fingerprint density at radius 3 is 1.25 bits per heavy atom. The first kappa shape index (κ1) is 18.8. The van der Waals surface area contributed by atoms with E-state index < -0.39 is 0 Å². The Bertz CT molecular complexity index is 957. The molecule has 0 heterocycles. The number of nitriles is 4. The molecule has 2 aromatic carbocycles. The van der Waals surface area contributed by atoms with Gasteiger partial charge in [-0.15, -0.1) is 0 Å². The highest BCUT2D eigenvalue weighted by molar-refractivity contribution is 5.50. The third-order valence-corrected chi connectivity index (χ3v) is 4.69. The summed E-state index contributed by atoms with van der Waals surface area (Å²) in [6.45, 7) is 0. The third kappa shape index (κ3) is 4.21. The Morgan fingerprint density at radius 2 is 0.929 bits per heavy atom. The fourth-order valence-electron chi connectivity index (χ4n) is 3.23. The van der Waals surface area contributed by atoms with Crippen LogP contribution in [0.5, 0.6) is 11.5 Å². The Balaban J connectivity index is 1.57. The van der Waals surface area contributed by atoms with E-state index in [-0.39, 0.29) is 12.2 Å². The van der Waals surface area contributed by atoms with Crippen LogP contribution in [-0.4, -0.2) is 12.2 Å². The molecule has 0 saturated heterocycles. The van der Waals surface area contributed by atoms with Gasteiger partial charge in [-0.05, 0) is 62.1 Å².